The number of ether oxygens (including phenoxy) is 1. The van der Waals surface area contributed by atoms with E-state index in [4.69, 9.17) is 4.74 Å². The molecule has 1 N–H and O–H groups in total. The summed E-state index contributed by atoms with van der Waals surface area (Å²) in [5, 5.41) is 3.18. The molecule has 1 rings (SSSR count). The molecule has 1 heterocycles. The summed E-state index contributed by atoms with van der Waals surface area (Å²) in [7, 11) is 0. The van der Waals surface area contributed by atoms with E-state index >= 15 is 0 Å². The third kappa shape index (κ3) is 4.43. The summed E-state index contributed by atoms with van der Waals surface area (Å²) < 4.78 is 5.24. The number of amides is 1. The molecule has 0 aliphatic carbocycles. The fourth-order valence-corrected chi connectivity index (χ4v) is 1.17. The summed E-state index contributed by atoms with van der Waals surface area (Å²) >= 11 is 0. The van der Waals surface area contributed by atoms with Gasteiger partial charge in [-0.25, -0.2) is 4.79 Å². The van der Waals surface area contributed by atoms with Crippen LogP contribution in [-0.4, -0.2) is 42.8 Å². The molecule has 1 aliphatic rings. The highest BCUT2D eigenvalue weighted by atomic mass is 16.6. The standard InChI is InChI=1S/C9H18N2O2.N/c1-9(2,3)13-8(12)11-6-4-10-5-7-11;/h10H,4-7H2,1-3H3;. The second kappa shape index (κ2) is 5.17. The van der Waals surface area contributed by atoms with Crippen molar-refractivity contribution in [2.45, 2.75) is 26.4 Å². The number of nitrogens with zero attached hydrogens (tertiary/aromatic N) is 2. The summed E-state index contributed by atoms with van der Waals surface area (Å²) in [5.74, 6) is 0. The lowest BCUT2D eigenvalue weighted by Gasteiger charge is -2.30. The smallest absolute Gasteiger partial charge is 0.410 e. The minimum atomic E-state index is -0.387. The highest BCUT2D eigenvalue weighted by molar-refractivity contribution is 5.68. The maximum Gasteiger partial charge on any atom is 0.410 e. The van der Waals surface area contributed by atoms with Gasteiger partial charge in [0.25, 0.3) is 0 Å². The third-order valence-corrected chi connectivity index (χ3v) is 1.77. The van der Waals surface area contributed by atoms with E-state index in [1.807, 2.05) is 20.8 Å². The van der Waals surface area contributed by atoms with Gasteiger partial charge in [-0.05, 0) is 20.8 Å². The summed E-state index contributed by atoms with van der Waals surface area (Å²) in [6.07, 6.45) is -0.200. The number of rotatable bonds is 0. The van der Waals surface area contributed by atoms with Crippen LogP contribution >= 0.6 is 0 Å². The van der Waals surface area contributed by atoms with Gasteiger partial charge in [-0.1, -0.05) is 0 Å². The van der Waals surface area contributed by atoms with Crippen molar-refractivity contribution in [1.29, 1.82) is 0 Å². The quantitative estimate of drug-likeness (QED) is 0.613. The Morgan fingerprint density at radius 3 is 2.21 bits per heavy atom. The van der Waals surface area contributed by atoms with Gasteiger partial charge in [-0.3, -0.25) is 0 Å². The van der Waals surface area contributed by atoms with E-state index in [0.29, 0.717) is 0 Å². The number of hydrogen-bond donors (Lipinski definition) is 1. The van der Waals surface area contributed by atoms with E-state index in [9.17, 15) is 4.79 Å². The lowest BCUT2D eigenvalue weighted by atomic mass is 10.2. The molecule has 3 radical (unpaired) electrons. The molecule has 5 heteroatoms. The first-order chi connectivity index (χ1) is 5.99. The van der Waals surface area contributed by atoms with Crippen molar-refractivity contribution in [2.75, 3.05) is 26.2 Å². The van der Waals surface area contributed by atoms with Crippen LogP contribution in [0.15, 0.2) is 0 Å². The maximum absolute atomic E-state index is 11.5. The Kier molecular flexibility index (Phi) is 4.87. The monoisotopic (exact) mass is 200 g/mol. The zero-order valence-corrected chi connectivity index (χ0v) is 9.04. The Morgan fingerprint density at radius 1 is 1.29 bits per heavy atom. The van der Waals surface area contributed by atoms with Gasteiger partial charge in [0.2, 0.25) is 0 Å². The molecular weight excluding hydrogens is 182 g/mol. The van der Waals surface area contributed by atoms with Gasteiger partial charge in [0, 0.05) is 32.3 Å². The zero-order valence-electron chi connectivity index (χ0n) is 9.04. The average molecular weight is 200 g/mol. The number of carbonyl (C=O) groups excluding carboxylic acids is 1. The fraction of sp³-hybridized carbons (Fsp3) is 0.889. The first-order valence-corrected chi connectivity index (χ1v) is 4.68. The highest BCUT2D eigenvalue weighted by Gasteiger charge is 2.22. The summed E-state index contributed by atoms with van der Waals surface area (Å²) in [5.41, 5.74) is -0.387. The lowest BCUT2D eigenvalue weighted by Crippen LogP contribution is -2.48. The Morgan fingerprint density at radius 2 is 1.79 bits per heavy atom. The lowest BCUT2D eigenvalue weighted by molar-refractivity contribution is 0.0229. The number of carbonyl (C=O) groups is 1. The summed E-state index contributed by atoms with van der Waals surface area (Å²) in [6.45, 7) is 8.86. The highest BCUT2D eigenvalue weighted by Crippen LogP contribution is 2.09. The second-order valence-corrected chi connectivity index (χ2v) is 4.22. The molecule has 0 saturated carbocycles. The second-order valence-electron chi connectivity index (χ2n) is 4.22. The van der Waals surface area contributed by atoms with E-state index in [0.717, 1.165) is 26.2 Å². The van der Waals surface area contributed by atoms with Crippen molar-refractivity contribution in [2.24, 2.45) is 0 Å². The number of piperazine rings is 1. The van der Waals surface area contributed by atoms with Crippen molar-refractivity contribution < 1.29 is 9.53 Å². The van der Waals surface area contributed by atoms with Gasteiger partial charge in [-0.15, -0.1) is 0 Å². The van der Waals surface area contributed by atoms with Crippen molar-refractivity contribution in [3.8, 4) is 0 Å². The van der Waals surface area contributed by atoms with E-state index in [-0.39, 0.29) is 17.8 Å². The first-order valence-electron chi connectivity index (χ1n) is 4.68. The molecule has 0 bridgehead atoms. The zero-order chi connectivity index (χ0) is 9.90. The van der Waals surface area contributed by atoms with Crippen LogP contribution in [0.2, 0.25) is 0 Å². The van der Waals surface area contributed by atoms with Crippen LogP contribution < -0.4 is 11.5 Å². The van der Waals surface area contributed by atoms with Crippen molar-refractivity contribution >= 4 is 6.09 Å². The van der Waals surface area contributed by atoms with Crippen LogP contribution in [0.1, 0.15) is 20.8 Å². The Labute approximate surface area is 85.4 Å². The minimum Gasteiger partial charge on any atom is -0.444 e. The van der Waals surface area contributed by atoms with Crippen molar-refractivity contribution in [1.82, 2.24) is 16.4 Å². The Hall–Kier alpha value is -0.810. The first kappa shape index (κ1) is 13.2. The largest absolute Gasteiger partial charge is 0.444 e. The molecule has 0 atom stereocenters. The van der Waals surface area contributed by atoms with Gasteiger partial charge in [0.05, 0.1) is 0 Å². The van der Waals surface area contributed by atoms with Crippen molar-refractivity contribution in [3.63, 3.8) is 0 Å². The molecule has 0 unspecified atom stereocenters. The van der Waals surface area contributed by atoms with E-state index < -0.39 is 0 Å². The molecular formula is C9H18N3O2. The molecule has 0 aromatic rings. The van der Waals surface area contributed by atoms with Gasteiger partial charge in [-0.2, -0.15) is 0 Å². The maximum atomic E-state index is 11.5. The molecule has 1 aliphatic heterocycles. The Bertz CT molecular complexity index is 183. The third-order valence-electron chi connectivity index (χ3n) is 1.77. The topological polar surface area (TPSA) is 72.1 Å². The summed E-state index contributed by atoms with van der Waals surface area (Å²) in [4.78, 5) is 13.2. The molecule has 5 nitrogen and oxygen atoms in total. The fourth-order valence-electron chi connectivity index (χ4n) is 1.17. The molecule has 81 valence electrons. The molecule has 14 heavy (non-hydrogen) atoms. The van der Waals surface area contributed by atoms with Crippen LogP contribution in [0.4, 0.5) is 4.79 Å². The molecule has 0 aromatic heterocycles. The van der Waals surface area contributed by atoms with Gasteiger partial charge >= 0.3 is 6.09 Å². The van der Waals surface area contributed by atoms with Crippen LogP contribution in [0.5, 0.6) is 0 Å². The molecule has 0 aromatic carbocycles. The normalized spacial score (nSPS) is 17.2. The summed E-state index contributed by atoms with van der Waals surface area (Å²) in [6, 6.07) is 0. The van der Waals surface area contributed by atoms with Crippen LogP contribution in [-0.2, 0) is 4.74 Å². The molecule has 1 amide bonds. The van der Waals surface area contributed by atoms with Gasteiger partial charge in [0.1, 0.15) is 5.60 Å². The van der Waals surface area contributed by atoms with Crippen molar-refractivity contribution in [3.05, 3.63) is 0 Å². The predicted octanol–water partition coefficient (Wildman–Crippen LogP) is 0.346. The number of hydrogen-bond acceptors (Lipinski definition) is 3. The van der Waals surface area contributed by atoms with Crippen LogP contribution in [0.25, 0.3) is 0 Å². The van der Waals surface area contributed by atoms with Crippen LogP contribution in [0, 0.1) is 0 Å². The van der Waals surface area contributed by atoms with E-state index in [1.54, 1.807) is 4.90 Å². The molecule has 0 spiro atoms. The minimum absolute atomic E-state index is 0. The predicted molar refractivity (Wildman–Crippen MR) is 52.8 cm³/mol. The SMILES string of the molecule is CC(C)(C)OC(=O)N1CCNCC1.[N]. The van der Waals surface area contributed by atoms with Gasteiger partial charge in [0.15, 0.2) is 0 Å². The average Bonchev–Trinajstić information content (AvgIpc) is 2.03. The van der Waals surface area contributed by atoms with Gasteiger partial charge < -0.3 is 15.0 Å². The Balaban J connectivity index is 0.00000169. The molecule has 1 saturated heterocycles. The number of nitrogens with one attached hydrogen (secondary N) is 1. The van der Waals surface area contributed by atoms with E-state index in [2.05, 4.69) is 5.32 Å². The van der Waals surface area contributed by atoms with E-state index in [1.165, 1.54) is 0 Å². The van der Waals surface area contributed by atoms with Crippen LogP contribution in [0.3, 0.4) is 0 Å². The molecule has 1 fully saturated rings.